The smallest absolute Gasteiger partial charge is 0.175 e. The van der Waals surface area contributed by atoms with Gasteiger partial charge in [-0.1, -0.05) is 6.07 Å². The van der Waals surface area contributed by atoms with Crippen LogP contribution >= 0.6 is 0 Å². The van der Waals surface area contributed by atoms with Crippen molar-refractivity contribution in [3.8, 4) is 0 Å². The molecule has 1 unspecified atom stereocenters. The molecule has 1 fully saturated rings. The summed E-state index contributed by atoms with van der Waals surface area (Å²) in [4.78, 5) is 0.350. The lowest BCUT2D eigenvalue weighted by Gasteiger charge is -2.14. The highest BCUT2D eigenvalue weighted by atomic mass is 32.2. The summed E-state index contributed by atoms with van der Waals surface area (Å²) < 4.78 is 28.5. The SMILES string of the molecule is Cc1ccc(S(C)(=O)=O)cc1NCC1CCCO1. The summed E-state index contributed by atoms with van der Waals surface area (Å²) in [6, 6.07) is 5.16. The number of rotatable bonds is 4. The largest absolute Gasteiger partial charge is 0.382 e. The van der Waals surface area contributed by atoms with Crippen LogP contribution in [0.1, 0.15) is 18.4 Å². The van der Waals surface area contributed by atoms with Gasteiger partial charge in [0.15, 0.2) is 9.84 Å². The minimum Gasteiger partial charge on any atom is -0.382 e. The lowest BCUT2D eigenvalue weighted by atomic mass is 10.2. The summed E-state index contributed by atoms with van der Waals surface area (Å²) in [6.45, 7) is 3.52. The number of benzene rings is 1. The second-order valence-corrected chi connectivity index (χ2v) is 6.78. The Morgan fingerprint density at radius 3 is 2.83 bits per heavy atom. The quantitative estimate of drug-likeness (QED) is 0.908. The van der Waals surface area contributed by atoms with E-state index in [4.69, 9.17) is 4.74 Å². The molecule has 0 saturated carbocycles. The average Bonchev–Trinajstić information content (AvgIpc) is 2.79. The molecule has 1 N–H and O–H groups in total. The van der Waals surface area contributed by atoms with Crippen molar-refractivity contribution >= 4 is 15.5 Å². The van der Waals surface area contributed by atoms with Gasteiger partial charge in [-0.25, -0.2) is 8.42 Å². The molecule has 1 aromatic carbocycles. The van der Waals surface area contributed by atoms with Crippen LogP contribution in [-0.2, 0) is 14.6 Å². The van der Waals surface area contributed by atoms with Gasteiger partial charge >= 0.3 is 0 Å². The molecule has 1 heterocycles. The van der Waals surface area contributed by atoms with Gasteiger partial charge in [-0.2, -0.15) is 0 Å². The fourth-order valence-corrected chi connectivity index (χ4v) is 2.70. The Balaban J connectivity index is 2.11. The highest BCUT2D eigenvalue weighted by molar-refractivity contribution is 7.90. The van der Waals surface area contributed by atoms with Gasteiger partial charge in [0.25, 0.3) is 0 Å². The van der Waals surface area contributed by atoms with Crippen LogP contribution in [0.3, 0.4) is 0 Å². The maximum Gasteiger partial charge on any atom is 0.175 e. The molecule has 0 spiro atoms. The molecule has 0 radical (unpaired) electrons. The lowest BCUT2D eigenvalue weighted by molar-refractivity contribution is 0.120. The molecule has 1 aliphatic heterocycles. The number of nitrogens with one attached hydrogen (secondary N) is 1. The Morgan fingerprint density at radius 2 is 2.22 bits per heavy atom. The zero-order chi connectivity index (χ0) is 13.2. The Hall–Kier alpha value is -1.07. The molecule has 1 atom stereocenters. The van der Waals surface area contributed by atoms with Crippen LogP contribution in [0.2, 0.25) is 0 Å². The molecule has 1 aliphatic rings. The number of sulfone groups is 1. The Morgan fingerprint density at radius 1 is 1.44 bits per heavy atom. The van der Waals surface area contributed by atoms with Crippen LogP contribution in [0.15, 0.2) is 23.1 Å². The third kappa shape index (κ3) is 3.23. The summed E-state index contributed by atoms with van der Waals surface area (Å²) in [5, 5.41) is 3.28. The van der Waals surface area contributed by atoms with Crippen molar-refractivity contribution in [3.05, 3.63) is 23.8 Å². The topological polar surface area (TPSA) is 55.4 Å². The molecular weight excluding hydrogens is 250 g/mol. The molecular formula is C13H19NO3S. The molecule has 1 saturated heterocycles. The fraction of sp³-hybridized carbons (Fsp3) is 0.538. The molecule has 4 nitrogen and oxygen atoms in total. The van der Waals surface area contributed by atoms with Crippen molar-refractivity contribution < 1.29 is 13.2 Å². The zero-order valence-corrected chi connectivity index (χ0v) is 11.6. The third-order valence-corrected chi connectivity index (χ3v) is 4.29. The van der Waals surface area contributed by atoms with E-state index in [2.05, 4.69) is 5.32 Å². The van der Waals surface area contributed by atoms with Gasteiger partial charge in [-0.3, -0.25) is 0 Å². The second kappa shape index (κ2) is 5.28. The number of aryl methyl sites for hydroxylation is 1. The normalized spacial score (nSPS) is 20.0. The highest BCUT2D eigenvalue weighted by Gasteiger charge is 2.16. The van der Waals surface area contributed by atoms with Gasteiger partial charge in [0.1, 0.15) is 0 Å². The van der Waals surface area contributed by atoms with Gasteiger partial charge < -0.3 is 10.1 Å². The first-order chi connectivity index (χ1) is 8.47. The molecule has 0 amide bonds. The van der Waals surface area contributed by atoms with Crippen molar-refractivity contribution in [1.82, 2.24) is 0 Å². The fourth-order valence-electron chi connectivity index (χ4n) is 2.05. The maximum atomic E-state index is 11.5. The number of ether oxygens (including phenoxy) is 1. The van der Waals surface area contributed by atoms with Crippen LogP contribution in [0.25, 0.3) is 0 Å². The Kier molecular flexibility index (Phi) is 3.92. The molecule has 100 valence electrons. The van der Waals surface area contributed by atoms with E-state index in [0.717, 1.165) is 37.2 Å². The minimum atomic E-state index is -3.15. The molecule has 1 aromatic rings. The first-order valence-electron chi connectivity index (χ1n) is 6.13. The Labute approximate surface area is 108 Å². The van der Waals surface area contributed by atoms with Gasteiger partial charge in [0.2, 0.25) is 0 Å². The third-order valence-electron chi connectivity index (χ3n) is 3.18. The summed E-state index contributed by atoms with van der Waals surface area (Å²) >= 11 is 0. The van der Waals surface area contributed by atoms with Crippen LogP contribution in [0.4, 0.5) is 5.69 Å². The van der Waals surface area contributed by atoms with Gasteiger partial charge in [0.05, 0.1) is 11.0 Å². The van der Waals surface area contributed by atoms with Crippen LogP contribution in [0, 0.1) is 6.92 Å². The first kappa shape index (κ1) is 13.4. The summed E-state index contributed by atoms with van der Waals surface area (Å²) in [5.41, 5.74) is 1.91. The minimum absolute atomic E-state index is 0.242. The van der Waals surface area contributed by atoms with Gasteiger partial charge in [-0.15, -0.1) is 0 Å². The molecule has 18 heavy (non-hydrogen) atoms. The second-order valence-electron chi connectivity index (χ2n) is 4.76. The van der Waals surface area contributed by atoms with Gasteiger partial charge in [0, 0.05) is 25.1 Å². The van der Waals surface area contributed by atoms with E-state index >= 15 is 0 Å². The molecule has 0 aromatic heterocycles. The molecule has 5 heteroatoms. The van der Waals surface area contributed by atoms with Crippen molar-refractivity contribution in [2.24, 2.45) is 0 Å². The van der Waals surface area contributed by atoms with Crippen molar-refractivity contribution in [3.63, 3.8) is 0 Å². The molecule has 2 rings (SSSR count). The lowest BCUT2D eigenvalue weighted by Crippen LogP contribution is -2.19. The highest BCUT2D eigenvalue weighted by Crippen LogP contribution is 2.21. The Bertz CT molecular complexity index is 519. The van der Waals surface area contributed by atoms with Crippen LogP contribution in [-0.4, -0.2) is 33.9 Å². The van der Waals surface area contributed by atoms with Crippen molar-refractivity contribution in [2.75, 3.05) is 24.7 Å². The van der Waals surface area contributed by atoms with Gasteiger partial charge in [-0.05, 0) is 37.5 Å². The maximum absolute atomic E-state index is 11.5. The van der Waals surface area contributed by atoms with Crippen molar-refractivity contribution in [2.45, 2.75) is 30.8 Å². The van der Waals surface area contributed by atoms with E-state index < -0.39 is 9.84 Å². The summed E-state index contributed by atoms with van der Waals surface area (Å²) in [5.74, 6) is 0. The number of hydrogen-bond donors (Lipinski definition) is 1. The number of anilines is 1. The zero-order valence-electron chi connectivity index (χ0n) is 10.8. The van der Waals surface area contributed by atoms with E-state index in [1.54, 1.807) is 12.1 Å². The van der Waals surface area contributed by atoms with Crippen LogP contribution < -0.4 is 5.32 Å². The van der Waals surface area contributed by atoms with E-state index in [1.807, 2.05) is 13.0 Å². The van der Waals surface area contributed by atoms with E-state index in [9.17, 15) is 8.42 Å². The van der Waals surface area contributed by atoms with E-state index in [1.165, 1.54) is 6.26 Å². The standard InChI is InChI=1S/C13H19NO3S/c1-10-5-6-12(18(2,15)16)8-13(10)14-9-11-4-3-7-17-11/h5-6,8,11,14H,3-4,7,9H2,1-2H3. The van der Waals surface area contributed by atoms with Crippen molar-refractivity contribution in [1.29, 1.82) is 0 Å². The molecule has 0 bridgehead atoms. The predicted molar refractivity (Wildman–Crippen MR) is 71.8 cm³/mol. The van der Waals surface area contributed by atoms with Crippen LogP contribution in [0.5, 0.6) is 0 Å². The summed E-state index contributed by atoms with van der Waals surface area (Å²) in [7, 11) is -3.15. The average molecular weight is 269 g/mol. The predicted octanol–water partition coefficient (Wildman–Crippen LogP) is 1.99. The molecule has 0 aliphatic carbocycles. The monoisotopic (exact) mass is 269 g/mol. The van der Waals surface area contributed by atoms with E-state index in [-0.39, 0.29) is 6.10 Å². The van der Waals surface area contributed by atoms with E-state index in [0.29, 0.717) is 4.90 Å². The first-order valence-corrected chi connectivity index (χ1v) is 8.02. The number of hydrogen-bond acceptors (Lipinski definition) is 4. The summed E-state index contributed by atoms with van der Waals surface area (Å²) in [6.07, 6.45) is 3.64.